The quantitative estimate of drug-likeness (QED) is 0.799. The number of ether oxygens (including phenoxy) is 1. The van der Waals surface area contributed by atoms with Gasteiger partial charge in [-0.1, -0.05) is 24.6 Å². The first kappa shape index (κ1) is 14.6. The number of aromatic nitrogens is 2. The molecule has 22 heavy (non-hydrogen) atoms. The number of rotatable bonds is 4. The number of fused-ring (bicyclic) bond motifs is 1. The van der Waals surface area contributed by atoms with E-state index in [1.54, 1.807) is 11.8 Å². The van der Waals surface area contributed by atoms with Gasteiger partial charge in [-0.2, -0.15) is 0 Å². The van der Waals surface area contributed by atoms with E-state index in [2.05, 4.69) is 14.5 Å². The van der Waals surface area contributed by atoms with Crippen LogP contribution in [0.15, 0.2) is 17.6 Å². The maximum absolute atomic E-state index is 12.7. The van der Waals surface area contributed by atoms with Crippen molar-refractivity contribution in [1.29, 1.82) is 0 Å². The van der Waals surface area contributed by atoms with Crippen LogP contribution in [0.3, 0.4) is 0 Å². The van der Waals surface area contributed by atoms with Crippen molar-refractivity contribution < 1.29 is 9.53 Å². The largest absolute Gasteiger partial charge is 0.374 e. The molecule has 2 heterocycles. The fraction of sp³-hybridized carbons (Fsp3) is 0.750. The Labute approximate surface area is 135 Å². The standard InChI is InChI=1S/C16H23N3O2S/c20-15(11-22-16-17-7-8-18(16)12-5-6-12)19-9-10-21-14-4-2-1-3-13(14)19/h7-8,12-14H,1-6,9-11H2. The van der Waals surface area contributed by atoms with Crippen molar-refractivity contribution in [2.45, 2.75) is 61.9 Å². The number of carbonyl (C=O) groups excluding carboxylic acids is 1. The number of hydrogen-bond donors (Lipinski definition) is 0. The minimum absolute atomic E-state index is 0.246. The molecule has 5 nitrogen and oxygen atoms in total. The van der Waals surface area contributed by atoms with Crippen molar-refractivity contribution in [2.24, 2.45) is 0 Å². The van der Waals surface area contributed by atoms with Crippen LogP contribution in [0.4, 0.5) is 0 Å². The second-order valence-corrected chi connectivity index (χ2v) is 7.43. The molecule has 1 aliphatic heterocycles. The summed E-state index contributed by atoms with van der Waals surface area (Å²) in [7, 11) is 0. The lowest BCUT2D eigenvalue weighted by atomic mass is 9.90. The summed E-state index contributed by atoms with van der Waals surface area (Å²) >= 11 is 1.58. The van der Waals surface area contributed by atoms with E-state index in [4.69, 9.17) is 4.74 Å². The summed E-state index contributed by atoms with van der Waals surface area (Å²) < 4.78 is 8.08. The third-order valence-corrected chi connectivity index (χ3v) is 5.92. The maximum atomic E-state index is 12.7. The number of imidazole rings is 1. The van der Waals surface area contributed by atoms with Crippen molar-refractivity contribution in [3.05, 3.63) is 12.4 Å². The highest BCUT2D eigenvalue weighted by atomic mass is 32.2. The molecule has 2 aliphatic carbocycles. The molecule has 2 atom stereocenters. The highest BCUT2D eigenvalue weighted by molar-refractivity contribution is 7.99. The Hall–Kier alpha value is -1.01. The van der Waals surface area contributed by atoms with E-state index in [-0.39, 0.29) is 12.0 Å². The summed E-state index contributed by atoms with van der Waals surface area (Å²) in [6.45, 7) is 1.44. The predicted molar refractivity (Wildman–Crippen MR) is 84.9 cm³/mol. The van der Waals surface area contributed by atoms with Gasteiger partial charge < -0.3 is 14.2 Å². The summed E-state index contributed by atoms with van der Waals surface area (Å²) in [6.07, 6.45) is 11.3. The molecule has 1 aromatic rings. The second kappa shape index (κ2) is 6.24. The van der Waals surface area contributed by atoms with Gasteiger partial charge in [-0.15, -0.1) is 0 Å². The number of morpholine rings is 1. The normalized spacial score (nSPS) is 28.5. The lowest BCUT2D eigenvalue weighted by Crippen LogP contribution is -2.55. The minimum atomic E-state index is 0.246. The van der Waals surface area contributed by atoms with Gasteiger partial charge in [-0.25, -0.2) is 4.98 Å². The van der Waals surface area contributed by atoms with Crippen LogP contribution < -0.4 is 0 Å². The third-order valence-electron chi connectivity index (χ3n) is 4.95. The molecule has 0 bridgehead atoms. The Morgan fingerprint density at radius 1 is 1.32 bits per heavy atom. The van der Waals surface area contributed by atoms with Crippen LogP contribution in [0.5, 0.6) is 0 Å². The number of hydrogen-bond acceptors (Lipinski definition) is 4. The molecule has 0 radical (unpaired) electrons. The first-order valence-electron chi connectivity index (χ1n) is 8.39. The number of nitrogens with zero attached hydrogens (tertiary/aromatic N) is 3. The zero-order chi connectivity index (χ0) is 14.9. The molecule has 1 saturated heterocycles. The number of thioether (sulfide) groups is 1. The van der Waals surface area contributed by atoms with Gasteiger partial charge in [-0.3, -0.25) is 4.79 Å². The molecule has 1 amide bonds. The predicted octanol–water partition coefficient (Wildman–Crippen LogP) is 2.48. The van der Waals surface area contributed by atoms with E-state index >= 15 is 0 Å². The van der Waals surface area contributed by atoms with E-state index in [9.17, 15) is 4.79 Å². The zero-order valence-electron chi connectivity index (χ0n) is 12.8. The Kier molecular flexibility index (Phi) is 4.13. The Morgan fingerprint density at radius 2 is 2.18 bits per heavy atom. The summed E-state index contributed by atoms with van der Waals surface area (Å²) in [6, 6.07) is 0.921. The topological polar surface area (TPSA) is 47.4 Å². The average molecular weight is 321 g/mol. The zero-order valence-corrected chi connectivity index (χ0v) is 13.6. The number of amides is 1. The second-order valence-electron chi connectivity index (χ2n) is 6.49. The van der Waals surface area contributed by atoms with Gasteiger partial charge in [0.2, 0.25) is 5.91 Å². The summed E-state index contributed by atoms with van der Waals surface area (Å²) in [4.78, 5) is 19.1. The molecule has 0 N–H and O–H groups in total. The summed E-state index contributed by atoms with van der Waals surface area (Å²) in [5.41, 5.74) is 0. The van der Waals surface area contributed by atoms with Crippen LogP contribution in [0.25, 0.3) is 0 Å². The molecule has 3 aliphatic rings. The van der Waals surface area contributed by atoms with Gasteiger partial charge in [0.15, 0.2) is 5.16 Å². The Balaban J connectivity index is 1.37. The first-order chi connectivity index (χ1) is 10.8. The van der Waals surface area contributed by atoms with Gasteiger partial charge in [0.1, 0.15) is 0 Å². The van der Waals surface area contributed by atoms with E-state index in [1.807, 2.05) is 12.4 Å². The lowest BCUT2D eigenvalue weighted by molar-refractivity contribution is -0.146. The molecule has 2 unspecified atom stereocenters. The molecule has 1 aromatic heterocycles. The van der Waals surface area contributed by atoms with E-state index in [1.165, 1.54) is 25.7 Å². The molecule has 0 spiro atoms. The van der Waals surface area contributed by atoms with Crippen molar-refractivity contribution in [1.82, 2.24) is 14.5 Å². The van der Waals surface area contributed by atoms with Crippen LogP contribution in [-0.2, 0) is 9.53 Å². The highest BCUT2D eigenvalue weighted by Crippen LogP contribution is 2.37. The molecule has 2 saturated carbocycles. The van der Waals surface area contributed by atoms with Crippen molar-refractivity contribution in [2.75, 3.05) is 18.9 Å². The average Bonchev–Trinajstić information content (AvgIpc) is 3.30. The Bertz CT molecular complexity index is 541. The fourth-order valence-electron chi connectivity index (χ4n) is 3.66. The molecule has 4 rings (SSSR count). The first-order valence-corrected chi connectivity index (χ1v) is 9.38. The van der Waals surface area contributed by atoms with Crippen molar-refractivity contribution in [3.8, 4) is 0 Å². The van der Waals surface area contributed by atoms with E-state index in [0.717, 1.165) is 24.5 Å². The van der Waals surface area contributed by atoms with Gasteiger partial charge >= 0.3 is 0 Å². The Morgan fingerprint density at radius 3 is 3.05 bits per heavy atom. The third kappa shape index (κ3) is 2.91. The highest BCUT2D eigenvalue weighted by Gasteiger charge is 2.36. The smallest absolute Gasteiger partial charge is 0.233 e. The fourth-order valence-corrected chi connectivity index (χ4v) is 4.57. The minimum Gasteiger partial charge on any atom is -0.374 e. The molecule has 120 valence electrons. The molecule has 6 heteroatoms. The molecule has 0 aromatic carbocycles. The summed E-state index contributed by atoms with van der Waals surface area (Å²) in [5, 5.41) is 0.990. The number of carbonyl (C=O) groups is 1. The van der Waals surface area contributed by atoms with E-state index in [0.29, 0.717) is 24.4 Å². The van der Waals surface area contributed by atoms with Crippen LogP contribution in [0, 0.1) is 0 Å². The van der Waals surface area contributed by atoms with Crippen molar-refractivity contribution >= 4 is 17.7 Å². The van der Waals surface area contributed by atoms with Gasteiger partial charge in [0.25, 0.3) is 0 Å². The van der Waals surface area contributed by atoms with E-state index < -0.39 is 0 Å². The van der Waals surface area contributed by atoms with Crippen LogP contribution in [0.2, 0.25) is 0 Å². The molecular weight excluding hydrogens is 298 g/mol. The SMILES string of the molecule is O=C(CSc1nccn1C1CC1)N1CCOC2CCCCC21. The van der Waals surface area contributed by atoms with Crippen LogP contribution in [-0.4, -0.2) is 51.4 Å². The van der Waals surface area contributed by atoms with Gasteiger partial charge in [0.05, 0.1) is 24.5 Å². The molecular formula is C16H23N3O2S. The summed E-state index contributed by atoms with van der Waals surface area (Å²) in [5.74, 6) is 0.739. The molecule has 3 fully saturated rings. The van der Waals surface area contributed by atoms with Crippen LogP contribution in [0.1, 0.15) is 44.6 Å². The van der Waals surface area contributed by atoms with Gasteiger partial charge in [0, 0.05) is 25.0 Å². The maximum Gasteiger partial charge on any atom is 0.233 e. The van der Waals surface area contributed by atoms with Crippen molar-refractivity contribution in [3.63, 3.8) is 0 Å². The van der Waals surface area contributed by atoms with Gasteiger partial charge in [-0.05, 0) is 25.7 Å². The monoisotopic (exact) mass is 321 g/mol. The lowest BCUT2D eigenvalue weighted by Gasteiger charge is -2.43. The van der Waals surface area contributed by atoms with Crippen LogP contribution >= 0.6 is 11.8 Å².